The summed E-state index contributed by atoms with van der Waals surface area (Å²) in [5.74, 6) is 1.18. The van der Waals surface area contributed by atoms with Crippen LogP contribution in [0, 0.1) is 0 Å². The number of nitrogens with zero attached hydrogens (tertiary/aromatic N) is 2. The Kier molecular flexibility index (Phi) is 3.62. The van der Waals surface area contributed by atoms with Crippen molar-refractivity contribution >= 4 is 44.2 Å². The van der Waals surface area contributed by atoms with E-state index in [1.54, 1.807) is 13.2 Å². The number of hydrogen-bond acceptors (Lipinski definition) is 5. The first-order valence-corrected chi connectivity index (χ1v) is 7.09. The highest BCUT2D eigenvalue weighted by molar-refractivity contribution is 9.10. The zero-order valence-corrected chi connectivity index (χ0v) is 12.9. The Morgan fingerprint density at radius 3 is 2.62 bits per heavy atom. The number of nitrogens with one attached hydrogen (secondary N) is 1. The Hall–Kier alpha value is -2.34. The van der Waals surface area contributed by atoms with Gasteiger partial charge in [-0.2, -0.15) is 9.97 Å². The van der Waals surface area contributed by atoms with Gasteiger partial charge in [0, 0.05) is 21.6 Å². The molecule has 3 aromatic rings. The molecule has 0 unspecified atom stereocenters. The van der Waals surface area contributed by atoms with Crippen LogP contribution in [0.15, 0.2) is 46.9 Å². The highest BCUT2D eigenvalue weighted by atomic mass is 79.9. The average Bonchev–Trinajstić information content (AvgIpc) is 2.50. The zero-order valence-electron chi connectivity index (χ0n) is 11.3. The molecule has 6 heteroatoms. The predicted octanol–water partition coefficient (Wildman–Crippen LogP) is 3.73. The van der Waals surface area contributed by atoms with Gasteiger partial charge < -0.3 is 15.8 Å². The molecule has 106 valence electrons. The molecule has 1 heterocycles. The molecule has 0 aliphatic heterocycles. The normalized spacial score (nSPS) is 10.6. The molecule has 0 aliphatic carbocycles. The first-order chi connectivity index (χ1) is 10.2. The number of ether oxygens (including phenoxy) is 1. The van der Waals surface area contributed by atoms with Crippen molar-refractivity contribution in [3.05, 3.63) is 46.9 Å². The Morgan fingerprint density at radius 2 is 1.86 bits per heavy atom. The summed E-state index contributed by atoms with van der Waals surface area (Å²) in [5, 5.41) is 5.47. The molecule has 1 aromatic heterocycles. The highest BCUT2D eigenvalue weighted by Gasteiger charge is 2.07. The van der Waals surface area contributed by atoms with Gasteiger partial charge in [-0.1, -0.05) is 40.2 Å². The smallest absolute Gasteiger partial charge is 0.225 e. The van der Waals surface area contributed by atoms with Crippen LogP contribution in [0.2, 0.25) is 0 Å². The van der Waals surface area contributed by atoms with E-state index in [0.717, 1.165) is 20.9 Å². The predicted molar refractivity (Wildman–Crippen MR) is 87.9 cm³/mol. The molecule has 3 N–H and O–H groups in total. The van der Waals surface area contributed by atoms with Crippen LogP contribution in [0.5, 0.6) is 5.88 Å². The fraction of sp³-hybridized carbons (Fsp3) is 0.0667. The van der Waals surface area contributed by atoms with Gasteiger partial charge in [0.1, 0.15) is 5.82 Å². The van der Waals surface area contributed by atoms with E-state index in [0.29, 0.717) is 11.7 Å². The average molecular weight is 345 g/mol. The highest BCUT2D eigenvalue weighted by Crippen LogP contribution is 2.31. The lowest BCUT2D eigenvalue weighted by Gasteiger charge is -2.11. The van der Waals surface area contributed by atoms with Crippen LogP contribution >= 0.6 is 15.9 Å². The SMILES string of the molecule is COc1cc(Nc2ccc(Br)c3ccccc23)nc(N)n1. The van der Waals surface area contributed by atoms with Gasteiger partial charge in [-0.3, -0.25) is 0 Å². The molecule has 0 atom stereocenters. The van der Waals surface area contributed by atoms with E-state index >= 15 is 0 Å². The van der Waals surface area contributed by atoms with Gasteiger partial charge in [0.05, 0.1) is 7.11 Å². The number of aromatic nitrogens is 2. The summed E-state index contributed by atoms with van der Waals surface area (Å²) in [6, 6.07) is 13.8. The molecule has 0 bridgehead atoms. The van der Waals surface area contributed by atoms with Gasteiger partial charge in [0.15, 0.2) is 0 Å². The van der Waals surface area contributed by atoms with Gasteiger partial charge in [0.25, 0.3) is 0 Å². The number of rotatable bonds is 3. The van der Waals surface area contributed by atoms with Crippen LogP contribution < -0.4 is 15.8 Å². The lowest BCUT2D eigenvalue weighted by molar-refractivity contribution is 0.398. The molecule has 2 aromatic carbocycles. The van der Waals surface area contributed by atoms with Crippen LogP contribution in [-0.4, -0.2) is 17.1 Å². The Bertz CT molecular complexity index is 807. The molecule has 3 rings (SSSR count). The zero-order chi connectivity index (χ0) is 14.8. The first-order valence-electron chi connectivity index (χ1n) is 6.30. The number of methoxy groups -OCH3 is 1. The van der Waals surface area contributed by atoms with Gasteiger partial charge in [-0.15, -0.1) is 0 Å². The van der Waals surface area contributed by atoms with E-state index < -0.39 is 0 Å². The molecule has 0 radical (unpaired) electrons. The third kappa shape index (κ3) is 2.75. The van der Waals surface area contributed by atoms with Crippen molar-refractivity contribution in [2.75, 3.05) is 18.2 Å². The fourth-order valence-corrected chi connectivity index (χ4v) is 2.60. The van der Waals surface area contributed by atoms with Gasteiger partial charge in [-0.25, -0.2) is 0 Å². The molecule has 0 saturated heterocycles. The summed E-state index contributed by atoms with van der Waals surface area (Å²) >= 11 is 3.56. The van der Waals surface area contributed by atoms with Gasteiger partial charge in [0.2, 0.25) is 11.8 Å². The maximum absolute atomic E-state index is 5.68. The number of halogens is 1. The minimum absolute atomic E-state index is 0.165. The number of nitrogens with two attached hydrogens (primary N) is 1. The third-order valence-corrected chi connectivity index (χ3v) is 3.75. The second kappa shape index (κ2) is 5.57. The van der Waals surface area contributed by atoms with Gasteiger partial charge >= 0.3 is 0 Å². The van der Waals surface area contributed by atoms with Crippen molar-refractivity contribution in [3.8, 4) is 5.88 Å². The molecule has 5 nitrogen and oxygen atoms in total. The van der Waals surface area contributed by atoms with E-state index in [9.17, 15) is 0 Å². The first kappa shape index (κ1) is 13.6. The largest absolute Gasteiger partial charge is 0.481 e. The van der Waals surface area contributed by atoms with Crippen LogP contribution in [0.4, 0.5) is 17.5 Å². The second-order valence-corrected chi connectivity index (χ2v) is 5.27. The van der Waals surface area contributed by atoms with Crippen molar-refractivity contribution < 1.29 is 4.74 Å². The molecule has 21 heavy (non-hydrogen) atoms. The minimum atomic E-state index is 0.165. The number of benzene rings is 2. The van der Waals surface area contributed by atoms with E-state index in [1.165, 1.54) is 0 Å². The number of fused-ring (bicyclic) bond motifs is 1. The maximum Gasteiger partial charge on any atom is 0.225 e. The number of nitrogen functional groups attached to an aromatic ring is 1. The summed E-state index contributed by atoms with van der Waals surface area (Å²) in [6.07, 6.45) is 0. The van der Waals surface area contributed by atoms with E-state index in [4.69, 9.17) is 10.5 Å². The van der Waals surface area contributed by atoms with Crippen LogP contribution in [0.1, 0.15) is 0 Å². The molecular weight excluding hydrogens is 332 g/mol. The standard InChI is InChI=1S/C15H13BrN4O/c1-21-14-8-13(19-15(17)20-14)18-12-7-6-11(16)9-4-2-3-5-10(9)12/h2-8H,1H3,(H3,17,18,19,20). The molecule has 0 saturated carbocycles. The number of hydrogen-bond donors (Lipinski definition) is 2. The Morgan fingerprint density at radius 1 is 1.10 bits per heavy atom. The lowest BCUT2D eigenvalue weighted by Crippen LogP contribution is -2.02. The number of anilines is 3. The van der Waals surface area contributed by atoms with Crippen molar-refractivity contribution in [1.82, 2.24) is 9.97 Å². The monoisotopic (exact) mass is 344 g/mol. The molecule has 0 amide bonds. The van der Waals surface area contributed by atoms with Crippen molar-refractivity contribution in [1.29, 1.82) is 0 Å². The summed E-state index contributed by atoms with van der Waals surface area (Å²) in [5.41, 5.74) is 6.61. The summed E-state index contributed by atoms with van der Waals surface area (Å²) in [4.78, 5) is 8.14. The van der Waals surface area contributed by atoms with Crippen molar-refractivity contribution in [3.63, 3.8) is 0 Å². The van der Waals surface area contributed by atoms with Crippen molar-refractivity contribution in [2.24, 2.45) is 0 Å². The summed E-state index contributed by atoms with van der Waals surface area (Å²) in [6.45, 7) is 0. The molecule has 0 aliphatic rings. The third-order valence-electron chi connectivity index (χ3n) is 3.06. The maximum atomic E-state index is 5.68. The summed E-state index contributed by atoms with van der Waals surface area (Å²) in [7, 11) is 1.54. The van der Waals surface area contributed by atoms with E-state index in [-0.39, 0.29) is 5.95 Å². The fourth-order valence-electron chi connectivity index (χ4n) is 2.12. The lowest BCUT2D eigenvalue weighted by atomic mass is 10.1. The van der Waals surface area contributed by atoms with Crippen LogP contribution in [0.3, 0.4) is 0 Å². The molecular formula is C15H13BrN4O. The topological polar surface area (TPSA) is 73.1 Å². The van der Waals surface area contributed by atoms with E-state index in [1.807, 2.05) is 30.3 Å². The second-order valence-electron chi connectivity index (χ2n) is 4.42. The quantitative estimate of drug-likeness (QED) is 0.757. The van der Waals surface area contributed by atoms with Crippen LogP contribution in [-0.2, 0) is 0 Å². The minimum Gasteiger partial charge on any atom is -0.481 e. The van der Waals surface area contributed by atoms with Gasteiger partial charge in [-0.05, 0) is 17.5 Å². The summed E-state index contributed by atoms with van der Waals surface area (Å²) < 4.78 is 6.15. The Labute approximate surface area is 130 Å². The molecule has 0 fully saturated rings. The van der Waals surface area contributed by atoms with E-state index in [2.05, 4.69) is 37.3 Å². The van der Waals surface area contributed by atoms with Crippen molar-refractivity contribution in [2.45, 2.75) is 0 Å². The Balaban J connectivity index is 2.06. The molecule has 0 spiro atoms. The van der Waals surface area contributed by atoms with Crippen LogP contribution in [0.25, 0.3) is 10.8 Å².